The number of para-hydroxylation sites is 2. The van der Waals surface area contributed by atoms with Gasteiger partial charge in [0.05, 0.1) is 5.75 Å². The summed E-state index contributed by atoms with van der Waals surface area (Å²) in [4.78, 5) is 29.4. The second-order valence-corrected chi connectivity index (χ2v) is 9.51. The van der Waals surface area contributed by atoms with Gasteiger partial charge in [-0.3, -0.25) is 14.2 Å². The predicted octanol–water partition coefficient (Wildman–Crippen LogP) is 2.49. The summed E-state index contributed by atoms with van der Waals surface area (Å²) in [6.45, 7) is 6.03. The zero-order valence-corrected chi connectivity index (χ0v) is 20.5. The number of hydrogen-bond acceptors (Lipinski definition) is 7. The van der Waals surface area contributed by atoms with Crippen LogP contribution in [0.4, 0.5) is 0 Å². The summed E-state index contributed by atoms with van der Waals surface area (Å²) >= 11 is 1.37. The highest BCUT2D eigenvalue weighted by Gasteiger charge is 2.33. The number of nitrogens with zero attached hydrogens (tertiary/aromatic N) is 5. The van der Waals surface area contributed by atoms with Crippen molar-refractivity contribution in [3.8, 4) is 17.2 Å². The fourth-order valence-corrected chi connectivity index (χ4v) is 5.14. The van der Waals surface area contributed by atoms with Gasteiger partial charge in [-0.15, -0.1) is 10.2 Å². The van der Waals surface area contributed by atoms with E-state index >= 15 is 0 Å². The molecule has 9 nitrogen and oxygen atoms in total. The topological polar surface area (TPSA) is 89.8 Å². The molecule has 0 N–H and O–H groups in total. The van der Waals surface area contributed by atoms with Crippen LogP contribution < -0.4 is 9.47 Å². The lowest BCUT2D eigenvalue weighted by Crippen LogP contribution is -2.55. The molecule has 3 heterocycles. The number of aryl methyl sites for hydroxylation is 2. The highest BCUT2D eigenvalue weighted by atomic mass is 32.2. The van der Waals surface area contributed by atoms with Crippen molar-refractivity contribution in [1.82, 2.24) is 24.6 Å². The van der Waals surface area contributed by atoms with Crippen molar-refractivity contribution in [1.29, 1.82) is 0 Å². The highest BCUT2D eigenvalue weighted by Crippen LogP contribution is 2.31. The highest BCUT2D eigenvalue weighted by molar-refractivity contribution is 7.99. The zero-order valence-electron chi connectivity index (χ0n) is 19.7. The lowest BCUT2D eigenvalue weighted by Gasteiger charge is -2.37. The van der Waals surface area contributed by atoms with E-state index in [0.29, 0.717) is 42.8 Å². The zero-order chi connectivity index (χ0) is 24.4. The van der Waals surface area contributed by atoms with Crippen LogP contribution in [0, 0.1) is 13.8 Å². The van der Waals surface area contributed by atoms with Crippen LogP contribution in [0.2, 0.25) is 0 Å². The number of carbonyl (C=O) groups excluding carboxylic acids is 2. The van der Waals surface area contributed by atoms with E-state index < -0.39 is 6.10 Å². The average molecular weight is 494 g/mol. The van der Waals surface area contributed by atoms with Gasteiger partial charge in [0.2, 0.25) is 12.0 Å². The van der Waals surface area contributed by atoms with Gasteiger partial charge in [-0.25, -0.2) is 0 Å². The van der Waals surface area contributed by atoms with Gasteiger partial charge >= 0.3 is 0 Å². The molecule has 35 heavy (non-hydrogen) atoms. The Kier molecular flexibility index (Phi) is 6.63. The van der Waals surface area contributed by atoms with E-state index in [4.69, 9.17) is 9.47 Å². The van der Waals surface area contributed by atoms with E-state index in [1.165, 1.54) is 11.8 Å². The van der Waals surface area contributed by atoms with Gasteiger partial charge in [0, 0.05) is 31.9 Å². The molecule has 5 rings (SSSR count). The van der Waals surface area contributed by atoms with Crippen LogP contribution in [0.3, 0.4) is 0 Å². The maximum atomic E-state index is 12.9. The van der Waals surface area contributed by atoms with Crippen LogP contribution in [0.25, 0.3) is 5.69 Å². The molecule has 0 spiro atoms. The van der Waals surface area contributed by atoms with E-state index in [1.54, 1.807) is 15.9 Å². The molecule has 0 bridgehead atoms. The third kappa shape index (κ3) is 4.97. The van der Waals surface area contributed by atoms with Crippen molar-refractivity contribution in [2.45, 2.75) is 25.1 Å². The van der Waals surface area contributed by atoms with Gasteiger partial charge in [0.25, 0.3) is 5.91 Å². The maximum absolute atomic E-state index is 12.9. The molecule has 1 saturated heterocycles. The molecular weight excluding hydrogens is 466 g/mol. The van der Waals surface area contributed by atoms with Gasteiger partial charge in [0.1, 0.15) is 12.4 Å². The van der Waals surface area contributed by atoms with Crippen LogP contribution in [-0.2, 0) is 9.59 Å². The number of rotatable bonds is 5. The second kappa shape index (κ2) is 9.99. The molecule has 1 atom stereocenters. The molecule has 3 aromatic rings. The molecular formula is C25H27N5O4S. The van der Waals surface area contributed by atoms with Crippen LogP contribution in [-0.4, -0.2) is 81.0 Å². The van der Waals surface area contributed by atoms with E-state index in [9.17, 15) is 9.59 Å². The Labute approximate surface area is 208 Å². The lowest BCUT2D eigenvalue weighted by molar-refractivity contribution is -0.145. The monoisotopic (exact) mass is 493 g/mol. The third-order valence-corrected chi connectivity index (χ3v) is 7.02. The number of thioether (sulfide) groups is 1. The first-order valence-corrected chi connectivity index (χ1v) is 12.5. The van der Waals surface area contributed by atoms with E-state index in [0.717, 1.165) is 17.1 Å². The number of amides is 2. The average Bonchev–Trinajstić information content (AvgIpc) is 3.26. The number of piperazine rings is 1. The molecule has 2 amide bonds. The molecule has 1 fully saturated rings. The van der Waals surface area contributed by atoms with Crippen LogP contribution in [0.5, 0.6) is 11.5 Å². The molecule has 182 valence electrons. The van der Waals surface area contributed by atoms with Crippen LogP contribution >= 0.6 is 11.8 Å². The van der Waals surface area contributed by atoms with E-state index in [-0.39, 0.29) is 24.2 Å². The van der Waals surface area contributed by atoms with Gasteiger partial charge in [-0.05, 0) is 43.7 Å². The summed E-state index contributed by atoms with van der Waals surface area (Å²) in [5.74, 6) is 2.17. The SMILES string of the molecule is Cc1cccc(-n2c(C)nnc2SCC(=O)N2CCN(C(=O)C3COc4ccccc4O3)CC2)c1. The van der Waals surface area contributed by atoms with Crippen molar-refractivity contribution < 1.29 is 19.1 Å². The maximum Gasteiger partial charge on any atom is 0.267 e. The Hall–Kier alpha value is -3.53. The lowest BCUT2D eigenvalue weighted by atomic mass is 10.2. The fraction of sp³-hybridized carbons (Fsp3) is 0.360. The first-order valence-electron chi connectivity index (χ1n) is 11.6. The predicted molar refractivity (Wildman–Crippen MR) is 131 cm³/mol. The smallest absolute Gasteiger partial charge is 0.267 e. The summed E-state index contributed by atoms with van der Waals surface area (Å²) in [5.41, 5.74) is 2.12. The number of carbonyl (C=O) groups is 2. The minimum absolute atomic E-state index is 0.0183. The van der Waals surface area contributed by atoms with Crippen molar-refractivity contribution in [3.05, 3.63) is 59.9 Å². The van der Waals surface area contributed by atoms with E-state index in [1.807, 2.05) is 54.8 Å². The standard InChI is InChI=1S/C25H27N5O4S/c1-17-6-5-7-19(14-17)30-18(2)26-27-25(30)35-16-23(31)28-10-12-29(13-11-28)24(32)22-15-33-20-8-3-4-9-21(20)34-22/h3-9,14,22H,10-13,15-16H2,1-2H3. The minimum Gasteiger partial charge on any atom is -0.485 e. The number of ether oxygens (including phenoxy) is 2. The minimum atomic E-state index is -0.668. The largest absolute Gasteiger partial charge is 0.485 e. The molecule has 0 aliphatic carbocycles. The molecule has 1 aromatic heterocycles. The normalized spacial score (nSPS) is 17.4. The fourth-order valence-electron chi connectivity index (χ4n) is 4.24. The molecule has 2 aliphatic heterocycles. The Balaban J connectivity index is 1.14. The van der Waals surface area contributed by atoms with Crippen molar-refractivity contribution in [2.24, 2.45) is 0 Å². The molecule has 2 aliphatic rings. The van der Waals surface area contributed by atoms with Gasteiger partial charge in [-0.2, -0.15) is 0 Å². The van der Waals surface area contributed by atoms with E-state index in [2.05, 4.69) is 16.3 Å². The Morgan fingerprint density at radius 1 is 0.971 bits per heavy atom. The van der Waals surface area contributed by atoms with Crippen molar-refractivity contribution in [2.75, 3.05) is 38.5 Å². The summed E-state index contributed by atoms with van der Waals surface area (Å²) in [5, 5.41) is 9.16. The molecule has 1 unspecified atom stereocenters. The quantitative estimate of drug-likeness (QED) is 0.505. The summed E-state index contributed by atoms with van der Waals surface area (Å²) in [6.07, 6.45) is -0.668. The van der Waals surface area contributed by atoms with Gasteiger partial charge in [-0.1, -0.05) is 36.0 Å². The summed E-state index contributed by atoms with van der Waals surface area (Å²) in [6, 6.07) is 15.4. The number of benzene rings is 2. The summed E-state index contributed by atoms with van der Waals surface area (Å²) < 4.78 is 13.5. The number of aromatic nitrogens is 3. The van der Waals surface area contributed by atoms with Gasteiger partial charge in [0.15, 0.2) is 16.7 Å². The molecule has 2 aromatic carbocycles. The molecule has 0 radical (unpaired) electrons. The number of hydrogen-bond donors (Lipinski definition) is 0. The first-order chi connectivity index (χ1) is 17.0. The first kappa shape index (κ1) is 23.2. The second-order valence-electron chi connectivity index (χ2n) is 8.56. The third-order valence-electron chi connectivity index (χ3n) is 6.11. The van der Waals surface area contributed by atoms with Crippen molar-refractivity contribution >= 4 is 23.6 Å². The van der Waals surface area contributed by atoms with Crippen LogP contribution in [0.15, 0.2) is 53.7 Å². The van der Waals surface area contributed by atoms with Crippen molar-refractivity contribution in [3.63, 3.8) is 0 Å². The Morgan fingerprint density at radius 2 is 1.71 bits per heavy atom. The molecule has 10 heteroatoms. The van der Waals surface area contributed by atoms with Gasteiger partial charge < -0.3 is 19.3 Å². The Bertz CT molecular complexity index is 1240. The Morgan fingerprint density at radius 3 is 2.49 bits per heavy atom. The van der Waals surface area contributed by atoms with Crippen LogP contribution in [0.1, 0.15) is 11.4 Å². The molecule has 0 saturated carbocycles. The number of fused-ring (bicyclic) bond motifs is 1. The summed E-state index contributed by atoms with van der Waals surface area (Å²) in [7, 11) is 0.